The molecule has 0 saturated heterocycles. The summed E-state index contributed by atoms with van der Waals surface area (Å²) in [5.74, 6) is 0.516. The normalized spacial score (nSPS) is 11.3. The van der Waals surface area contributed by atoms with Crippen molar-refractivity contribution in [2.45, 2.75) is 0 Å². The van der Waals surface area contributed by atoms with Crippen molar-refractivity contribution in [3.8, 4) is 0 Å². The summed E-state index contributed by atoms with van der Waals surface area (Å²) in [4.78, 5) is 4.00. The Labute approximate surface area is 90.9 Å². The molecule has 0 radical (unpaired) electrons. The number of rotatable bonds is 4. The standard InChI is InChI=1S/C7H10BrN3O2S/c8-6-1-2-7(11-5-6)10-3-4-14(9,12)13/h1-2,5H,3-4H2,(H,10,11)(H2,9,12,13). The molecule has 1 aromatic heterocycles. The van der Waals surface area contributed by atoms with Gasteiger partial charge in [-0.15, -0.1) is 0 Å². The lowest BCUT2D eigenvalue weighted by atomic mass is 10.4. The molecule has 0 aliphatic carbocycles. The highest BCUT2D eigenvalue weighted by Crippen LogP contribution is 2.09. The highest BCUT2D eigenvalue weighted by molar-refractivity contribution is 9.10. The van der Waals surface area contributed by atoms with Gasteiger partial charge < -0.3 is 5.32 Å². The van der Waals surface area contributed by atoms with Crippen molar-refractivity contribution in [2.24, 2.45) is 5.14 Å². The van der Waals surface area contributed by atoms with Gasteiger partial charge in [0.25, 0.3) is 0 Å². The maximum atomic E-state index is 10.6. The van der Waals surface area contributed by atoms with Crippen LogP contribution < -0.4 is 10.5 Å². The number of aromatic nitrogens is 1. The molecule has 0 aromatic carbocycles. The van der Waals surface area contributed by atoms with Gasteiger partial charge in [0.05, 0.1) is 5.75 Å². The number of hydrogen-bond acceptors (Lipinski definition) is 4. The van der Waals surface area contributed by atoms with E-state index in [1.165, 1.54) is 0 Å². The molecule has 0 spiro atoms. The fourth-order valence-corrected chi connectivity index (χ4v) is 1.42. The third-order valence-electron chi connectivity index (χ3n) is 1.42. The molecule has 1 rings (SSSR count). The zero-order chi connectivity index (χ0) is 10.6. The first-order chi connectivity index (χ1) is 6.47. The van der Waals surface area contributed by atoms with Gasteiger partial charge >= 0.3 is 0 Å². The maximum absolute atomic E-state index is 10.6. The van der Waals surface area contributed by atoms with E-state index in [4.69, 9.17) is 5.14 Å². The highest BCUT2D eigenvalue weighted by Gasteiger charge is 2.01. The van der Waals surface area contributed by atoms with Crippen LogP contribution in [0.1, 0.15) is 0 Å². The Bertz CT molecular complexity index is 390. The summed E-state index contributed by atoms with van der Waals surface area (Å²) >= 11 is 3.24. The second-order valence-corrected chi connectivity index (χ2v) is 5.31. The second kappa shape index (κ2) is 4.72. The van der Waals surface area contributed by atoms with Crippen molar-refractivity contribution in [1.82, 2.24) is 4.98 Å². The topological polar surface area (TPSA) is 85.1 Å². The molecule has 0 bridgehead atoms. The lowest BCUT2D eigenvalue weighted by molar-refractivity contribution is 0.598. The van der Waals surface area contributed by atoms with E-state index in [1.54, 1.807) is 12.3 Å². The van der Waals surface area contributed by atoms with Crippen LogP contribution in [0.4, 0.5) is 5.82 Å². The summed E-state index contributed by atoms with van der Waals surface area (Å²) in [5.41, 5.74) is 0. The average molecular weight is 280 g/mol. The fourth-order valence-electron chi connectivity index (χ4n) is 0.802. The molecule has 0 amide bonds. The van der Waals surface area contributed by atoms with Gasteiger partial charge in [-0.3, -0.25) is 0 Å². The quantitative estimate of drug-likeness (QED) is 0.843. The molecule has 5 nitrogen and oxygen atoms in total. The molecule has 7 heteroatoms. The van der Waals surface area contributed by atoms with Crippen LogP contribution in [0, 0.1) is 0 Å². The van der Waals surface area contributed by atoms with Crippen molar-refractivity contribution in [2.75, 3.05) is 17.6 Å². The van der Waals surface area contributed by atoms with Crippen LogP contribution in [0.3, 0.4) is 0 Å². The SMILES string of the molecule is NS(=O)(=O)CCNc1ccc(Br)cn1. The number of halogens is 1. The van der Waals surface area contributed by atoms with Gasteiger partial charge in [-0.05, 0) is 28.1 Å². The van der Waals surface area contributed by atoms with E-state index in [2.05, 4.69) is 26.2 Å². The molecule has 3 N–H and O–H groups in total. The minimum Gasteiger partial charge on any atom is -0.369 e. The molecule has 78 valence electrons. The first-order valence-electron chi connectivity index (χ1n) is 3.83. The lowest BCUT2D eigenvalue weighted by Gasteiger charge is -2.03. The zero-order valence-electron chi connectivity index (χ0n) is 7.27. The van der Waals surface area contributed by atoms with Crippen LogP contribution in [-0.2, 0) is 10.0 Å². The third-order valence-corrected chi connectivity index (χ3v) is 2.66. The average Bonchev–Trinajstić information content (AvgIpc) is 2.06. The summed E-state index contributed by atoms with van der Waals surface area (Å²) in [6, 6.07) is 3.56. The van der Waals surface area contributed by atoms with Gasteiger partial charge in [-0.1, -0.05) is 0 Å². The van der Waals surface area contributed by atoms with E-state index in [-0.39, 0.29) is 12.3 Å². The molecule has 0 fully saturated rings. The van der Waals surface area contributed by atoms with E-state index >= 15 is 0 Å². The molecule has 0 atom stereocenters. The summed E-state index contributed by atoms with van der Waals surface area (Å²) in [6.45, 7) is 0.257. The molecule has 1 heterocycles. The van der Waals surface area contributed by atoms with Crippen molar-refractivity contribution in [3.05, 3.63) is 22.8 Å². The van der Waals surface area contributed by atoms with Gasteiger partial charge in [0.15, 0.2) is 0 Å². The van der Waals surface area contributed by atoms with Crippen LogP contribution >= 0.6 is 15.9 Å². The molecule has 14 heavy (non-hydrogen) atoms. The molecular weight excluding hydrogens is 270 g/mol. The van der Waals surface area contributed by atoms with Crippen molar-refractivity contribution >= 4 is 31.8 Å². The third kappa shape index (κ3) is 4.54. The minimum atomic E-state index is -3.40. The summed E-state index contributed by atoms with van der Waals surface area (Å²) in [6.07, 6.45) is 1.62. The predicted octanol–water partition coefficient (Wildman–Crippen LogP) is 0.544. The van der Waals surface area contributed by atoms with Crippen molar-refractivity contribution < 1.29 is 8.42 Å². The summed E-state index contributed by atoms with van der Waals surface area (Å²) < 4.78 is 22.0. The van der Waals surface area contributed by atoms with E-state index in [9.17, 15) is 8.42 Å². The lowest BCUT2D eigenvalue weighted by Crippen LogP contribution is -2.22. The number of hydrogen-bond donors (Lipinski definition) is 2. The number of nitrogens with two attached hydrogens (primary N) is 1. The van der Waals surface area contributed by atoms with Crippen LogP contribution in [0.2, 0.25) is 0 Å². The van der Waals surface area contributed by atoms with Crippen LogP contribution in [0.25, 0.3) is 0 Å². The highest BCUT2D eigenvalue weighted by atomic mass is 79.9. The van der Waals surface area contributed by atoms with Crippen LogP contribution in [0.15, 0.2) is 22.8 Å². The Morgan fingerprint density at radius 1 is 1.50 bits per heavy atom. The van der Waals surface area contributed by atoms with Crippen LogP contribution in [0.5, 0.6) is 0 Å². The molecular formula is C7H10BrN3O2S. The zero-order valence-corrected chi connectivity index (χ0v) is 9.68. The number of pyridine rings is 1. The van der Waals surface area contributed by atoms with Crippen LogP contribution in [-0.4, -0.2) is 25.7 Å². The number of nitrogens with one attached hydrogen (secondary N) is 1. The molecule has 0 aliphatic heterocycles. The predicted molar refractivity (Wildman–Crippen MR) is 58.4 cm³/mol. The Balaban J connectivity index is 2.43. The minimum absolute atomic E-state index is 0.106. The number of nitrogens with zero attached hydrogens (tertiary/aromatic N) is 1. The van der Waals surface area contributed by atoms with Crippen molar-refractivity contribution in [1.29, 1.82) is 0 Å². The number of anilines is 1. The summed E-state index contributed by atoms with van der Waals surface area (Å²) in [7, 11) is -3.40. The van der Waals surface area contributed by atoms with E-state index in [0.717, 1.165) is 4.47 Å². The number of primary sulfonamides is 1. The van der Waals surface area contributed by atoms with Gasteiger partial charge in [-0.25, -0.2) is 18.5 Å². The van der Waals surface area contributed by atoms with E-state index in [0.29, 0.717) is 5.82 Å². The van der Waals surface area contributed by atoms with Gasteiger partial charge in [0.2, 0.25) is 10.0 Å². The van der Waals surface area contributed by atoms with Crippen molar-refractivity contribution in [3.63, 3.8) is 0 Å². The first kappa shape index (κ1) is 11.4. The fraction of sp³-hybridized carbons (Fsp3) is 0.286. The molecule has 1 aromatic rings. The second-order valence-electron chi connectivity index (χ2n) is 2.66. The monoisotopic (exact) mass is 279 g/mol. The largest absolute Gasteiger partial charge is 0.369 e. The van der Waals surface area contributed by atoms with Gasteiger partial charge in [-0.2, -0.15) is 0 Å². The smallest absolute Gasteiger partial charge is 0.210 e. The molecule has 0 unspecified atom stereocenters. The molecule has 0 saturated carbocycles. The van der Waals surface area contributed by atoms with E-state index < -0.39 is 10.0 Å². The summed E-state index contributed by atoms with van der Waals surface area (Å²) in [5, 5.41) is 7.67. The van der Waals surface area contributed by atoms with Gasteiger partial charge in [0, 0.05) is 17.2 Å². The molecule has 0 aliphatic rings. The Hall–Kier alpha value is -0.660. The Morgan fingerprint density at radius 3 is 2.71 bits per heavy atom. The maximum Gasteiger partial charge on any atom is 0.210 e. The Morgan fingerprint density at radius 2 is 2.21 bits per heavy atom. The Kier molecular flexibility index (Phi) is 3.85. The number of sulfonamides is 1. The van der Waals surface area contributed by atoms with Gasteiger partial charge in [0.1, 0.15) is 5.82 Å². The first-order valence-corrected chi connectivity index (χ1v) is 6.34. The van der Waals surface area contributed by atoms with E-state index in [1.807, 2.05) is 6.07 Å².